The number of nitrogens with zero attached hydrogens (tertiary/aromatic N) is 2. The van der Waals surface area contributed by atoms with Gasteiger partial charge in [0, 0.05) is 19.2 Å². The van der Waals surface area contributed by atoms with Gasteiger partial charge < -0.3 is 5.11 Å². The molecule has 0 saturated heterocycles. The van der Waals surface area contributed by atoms with Gasteiger partial charge in [-0.05, 0) is 18.1 Å². The van der Waals surface area contributed by atoms with Crippen LogP contribution in [0.3, 0.4) is 0 Å². The highest BCUT2D eigenvalue weighted by Gasteiger charge is 2.21. The molecule has 0 radical (unpaired) electrons. The molecular weight excluding hydrogens is 306 g/mol. The molecule has 0 fully saturated rings. The first-order chi connectivity index (χ1) is 10.3. The number of hydrogen-bond acceptors (Lipinski definition) is 4. The lowest BCUT2D eigenvalue weighted by molar-refractivity contribution is -0.136. The zero-order valence-corrected chi connectivity index (χ0v) is 13.1. The Morgan fingerprint density at radius 2 is 1.95 bits per heavy atom. The summed E-state index contributed by atoms with van der Waals surface area (Å²) in [4.78, 5) is 10.8. The summed E-state index contributed by atoms with van der Waals surface area (Å²) in [5, 5.41) is 12.9. The summed E-state index contributed by atoms with van der Waals surface area (Å²) >= 11 is 0. The van der Waals surface area contributed by atoms with Crippen LogP contribution in [0.1, 0.15) is 16.7 Å². The number of nitrogens with one attached hydrogen (secondary N) is 1. The maximum Gasteiger partial charge on any atom is 0.307 e. The number of sulfonamides is 1. The molecule has 0 aliphatic heterocycles. The first-order valence-corrected chi connectivity index (χ1v) is 8.06. The van der Waals surface area contributed by atoms with Crippen LogP contribution in [0.5, 0.6) is 0 Å². The molecule has 1 heterocycles. The van der Waals surface area contributed by atoms with Crippen LogP contribution in [0.25, 0.3) is 0 Å². The van der Waals surface area contributed by atoms with E-state index in [0.29, 0.717) is 16.7 Å². The van der Waals surface area contributed by atoms with Gasteiger partial charge in [-0.1, -0.05) is 24.3 Å². The molecule has 0 aliphatic rings. The standard InChI is InChI=1S/C14H17N3O4S/c1-10-8-15-17(2)14(10)22(20,21)16-9-12-6-4-3-5-11(12)7-13(18)19/h3-6,8,16H,7,9H2,1-2H3,(H,18,19). The Kier molecular flexibility index (Phi) is 4.62. The molecule has 2 rings (SSSR count). The number of rotatable bonds is 6. The number of aromatic nitrogens is 2. The number of carboxylic acid groups (broad SMARTS) is 1. The van der Waals surface area contributed by atoms with Crippen molar-refractivity contribution >= 4 is 16.0 Å². The van der Waals surface area contributed by atoms with Crippen molar-refractivity contribution in [3.8, 4) is 0 Å². The maximum atomic E-state index is 12.4. The highest BCUT2D eigenvalue weighted by molar-refractivity contribution is 7.89. The fourth-order valence-corrected chi connectivity index (χ4v) is 3.58. The lowest BCUT2D eigenvalue weighted by atomic mass is 10.1. The summed E-state index contributed by atoms with van der Waals surface area (Å²) in [5.74, 6) is -0.960. The van der Waals surface area contributed by atoms with Gasteiger partial charge in [0.2, 0.25) is 0 Å². The minimum absolute atomic E-state index is 0.0242. The second-order valence-corrected chi connectivity index (χ2v) is 6.60. The van der Waals surface area contributed by atoms with Crippen LogP contribution in [0.4, 0.5) is 0 Å². The average Bonchev–Trinajstić information content (AvgIpc) is 2.77. The number of aliphatic carboxylic acids is 1. The van der Waals surface area contributed by atoms with Gasteiger partial charge in [0.15, 0.2) is 5.03 Å². The molecular formula is C14H17N3O4S. The minimum atomic E-state index is -3.72. The Morgan fingerprint density at radius 3 is 2.50 bits per heavy atom. The molecule has 0 atom stereocenters. The van der Waals surface area contributed by atoms with E-state index in [9.17, 15) is 13.2 Å². The predicted octanol–water partition coefficient (Wildman–Crippen LogP) is 0.834. The first-order valence-electron chi connectivity index (χ1n) is 6.58. The van der Waals surface area contributed by atoms with Gasteiger partial charge in [-0.3, -0.25) is 9.48 Å². The Hall–Kier alpha value is -2.19. The Bertz CT molecular complexity index is 777. The molecule has 2 N–H and O–H groups in total. The Morgan fingerprint density at radius 1 is 1.32 bits per heavy atom. The molecule has 1 aromatic carbocycles. The highest BCUT2D eigenvalue weighted by Crippen LogP contribution is 2.15. The summed E-state index contributed by atoms with van der Waals surface area (Å²) in [7, 11) is -2.16. The fourth-order valence-electron chi connectivity index (χ4n) is 2.23. The summed E-state index contributed by atoms with van der Waals surface area (Å²) in [5.41, 5.74) is 1.77. The van der Waals surface area contributed by atoms with Crippen molar-refractivity contribution in [2.45, 2.75) is 24.9 Å². The maximum absolute atomic E-state index is 12.4. The van der Waals surface area contributed by atoms with Crippen molar-refractivity contribution in [2.75, 3.05) is 0 Å². The van der Waals surface area contributed by atoms with Crippen LogP contribution in [0.2, 0.25) is 0 Å². The summed E-state index contributed by atoms with van der Waals surface area (Å²) < 4.78 is 28.5. The largest absolute Gasteiger partial charge is 0.481 e. The molecule has 1 aromatic heterocycles. The van der Waals surface area contributed by atoms with E-state index < -0.39 is 16.0 Å². The van der Waals surface area contributed by atoms with E-state index >= 15 is 0 Å². The van der Waals surface area contributed by atoms with Crippen molar-refractivity contribution in [1.29, 1.82) is 0 Å². The molecule has 7 nitrogen and oxygen atoms in total. The van der Waals surface area contributed by atoms with Gasteiger partial charge in [-0.25, -0.2) is 13.1 Å². The smallest absolute Gasteiger partial charge is 0.307 e. The van der Waals surface area contributed by atoms with Crippen molar-refractivity contribution in [1.82, 2.24) is 14.5 Å². The van der Waals surface area contributed by atoms with Gasteiger partial charge in [0.25, 0.3) is 10.0 Å². The lowest BCUT2D eigenvalue weighted by Crippen LogP contribution is -2.26. The lowest BCUT2D eigenvalue weighted by Gasteiger charge is -2.11. The average molecular weight is 323 g/mol. The first kappa shape index (κ1) is 16.2. The third kappa shape index (κ3) is 3.52. The molecule has 0 bridgehead atoms. The molecule has 0 amide bonds. The van der Waals surface area contributed by atoms with Gasteiger partial charge in [-0.2, -0.15) is 5.10 Å². The van der Waals surface area contributed by atoms with E-state index in [4.69, 9.17) is 5.11 Å². The van der Waals surface area contributed by atoms with Crippen LogP contribution in [0, 0.1) is 6.92 Å². The van der Waals surface area contributed by atoms with Crippen LogP contribution in [-0.4, -0.2) is 29.3 Å². The number of benzene rings is 1. The van der Waals surface area contributed by atoms with E-state index in [-0.39, 0.29) is 18.0 Å². The molecule has 2 aromatic rings. The van der Waals surface area contributed by atoms with Crippen molar-refractivity contribution in [3.05, 3.63) is 47.2 Å². The van der Waals surface area contributed by atoms with Crippen LogP contribution in [-0.2, 0) is 34.8 Å². The molecule has 118 valence electrons. The van der Waals surface area contributed by atoms with Crippen LogP contribution >= 0.6 is 0 Å². The number of aryl methyl sites for hydroxylation is 2. The second kappa shape index (κ2) is 6.29. The van der Waals surface area contributed by atoms with Gasteiger partial charge >= 0.3 is 5.97 Å². The van der Waals surface area contributed by atoms with E-state index in [1.807, 2.05) is 0 Å². The molecule has 8 heteroatoms. The third-order valence-electron chi connectivity index (χ3n) is 3.22. The number of carboxylic acids is 1. The van der Waals surface area contributed by atoms with Crippen molar-refractivity contribution in [3.63, 3.8) is 0 Å². The number of hydrogen-bond donors (Lipinski definition) is 2. The SMILES string of the molecule is Cc1cnn(C)c1S(=O)(=O)NCc1ccccc1CC(=O)O. The van der Waals surface area contributed by atoms with Gasteiger partial charge in [0.1, 0.15) is 0 Å². The molecule has 0 unspecified atom stereocenters. The quantitative estimate of drug-likeness (QED) is 0.820. The zero-order chi connectivity index (χ0) is 16.3. The summed E-state index contributed by atoms with van der Waals surface area (Å²) in [6.45, 7) is 1.69. The topological polar surface area (TPSA) is 101 Å². The molecule has 0 saturated carbocycles. The van der Waals surface area contributed by atoms with E-state index in [1.165, 1.54) is 10.9 Å². The van der Waals surface area contributed by atoms with Gasteiger partial charge in [0.05, 0.1) is 12.6 Å². The van der Waals surface area contributed by atoms with Crippen LogP contribution in [0.15, 0.2) is 35.5 Å². The Balaban J connectivity index is 2.22. The summed E-state index contributed by atoms with van der Waals surface area (Å²) in [6, 6.07) is 6.84. The normalized spacial score (nSPS) is 11.5. The van der Waals surface area contributed by atoms with E-state index in [2.05, 4.69) is 9.82 Å². The van der Waals surface area contributed by atoms with E-state index in [1.54, 1.807) is 38.2 Å². The zero-order valence-electron chi connectivity index (χ0n) is 12.3. The fraction of sp³-hybridized carbons (Fsp3) is 0.286. The number of carbonyl (C=O) groups is 1. The molecule has 0 spiro atoms. The second-order valence-electron chi connectivity index (χ2n) is 4.92. The Labute approximate surface area is 128 Å². The van der Waals surface area contributed by atoms with E-state index in [0.717, 1.165) is 0 Å². The monoisotopic (exact) mass is 323 g/mol. The highest BCUT2D eigenvalue weighted by atomic mass is 32.2. The van der Waals surface area contributed by atoms with Crippen molar-refractivity contribution < 1.29 is 18.3 Å². The third-order valence-corrected chi connectivity index (χ3v) is 4.84. The van der Waals surface area contributed by atoms with Crippen LogP contribution < -0.4 is 4.72 Å². The minimum Gasteiger partial charge on any atom is -0.481 e. The van der Waals surface area contributed by atoms with Gasteiger partial charge in [-0.15, -0.1) is 0 Å². The van der Waals surface area contributed by atoms with Crippen molar-refractivity contribution in [2.24, 2.45) is 7.05 Å². The summed E-state index contributed by atoms with van der Waals surface area (Å²) in [6.07, 6.45) is 1.33. The predicted molar refractivity (Wildman–Crippen MR) is 79.8 cm³/mol. The molecule has 0 aliphatic carbocycles. The molecule has 22 heavy (non-hydrogen) atoms.